The normalized spacial score (nSPS) is 11.6. The molecule has 1 aromatic heterocycles. The summed E-state index contributed by atoms with van der Waals surface area (Å²) in [5.74, 6) is -1.24. The van der Waals surface area contributed by atoms with Crippen LogP contribution < -0.4 is 4.74 Å². The van der Waals surface area contributed by atoms with Crippen LogP contribution >= 0.6 is 11.6 Å². The van der Waals surface area contributed by atoms with Crippen LogP contribution in [0.2, 0.25) is 5.15 Å². The van der Waals surface area contributed by atoms with Crippen LogP contribution in [0.5, 0.6) is 5.75 Å². The van der Waals surface area contributed by atoms with Crippen molar-refractivity contribution in [3.63, 3.8) is 0 Å². The molecule has 0 aliphatic heterocycles. The highest BCUT2D eigenvalue weighted by Crippen LogP contribution is 2.38. The zero-order valence-electron chi connectivity index (χ0n) is 16.9. The van der Waals surface area contributed by atoms with Crippen molar-refractivity contribution in [2.45, 2.75) is 33.5 Å². The van der Waals surface area contributed by atoms with Crippen LogP contribution in [0.1, 0.15) is 47.1 Å². The summed E-state index contributed by atoms with van der Waals surface area (Å²) < 4.78 is 21.6. The summed E-state index contributed by atoms with van der Waals surface area (Å²) in [5, 5.41) is -0.0773. The number of aromatic nitrogens is 1. The number of ether oxygens (including phenoxy) is 4. The SMILES string of the molecule is CCOC(=O)c1c(Cl)nc(C)c(C(OC)C(=O)OCC)c1OCc1ccccc1. The summed E-state index contributed by atoms with van der Waals surface area (Å²) in [6, 6.07) is 9.37. The molecule has 0 aliphatic carbocycles. The molecule has 0 fully saturated rings. The van der Waals surface area contributed by atoms with Gasteiger partial charge in [-0.05, 0) is 26.3 Å². The van der Waals surface area contributed by atoms with Crippen molar-refractivity contribution >= 4 is 23.5 Å². The molecule has 1 unspecified atom stereocenters. The first-order chi connectivity index (χ1) is 13.9. The van der Waals surface area contributed by atoms with Crippen LogP contribution in [0.3, 0.4) is 0 Å². The van der Waals surface area contributed by atoms with Crippen LogP contribution in [0.4, 0.5) is 0 Å². The maximum absolute atomic E-state index is 12.6. The molecule has 0 aliphatic rings. The van der Waals surface area contributed by atoms with Crippen LogP contribution in [-0.2, 0) is 25.6 Å². The maximum Gasteiger partial charge on any atom is 0.345 e. The van der Waals surface area contributed by atoms with E-state index in [1.807, 2.05) is 30.3 Å². The van der Waals surface area contributed by atoms with Gasteiger partial charge in [0.25, 0.3) is 0 Å². The predicted octanol–water partition coefficient (Wildman–Crippen LogP) is 4.05. The molecule has 0 saturated carbocycles. The Morgan fingerprint density at radius 3 is 2.34 bits per heavy atom. The lowest BCUT2D eigenvalue weighted by atomic mass is 10.0. The fraction of sp³-hybridized carbons (Fsp3) is 0.381. The minimum Gasteiger partial charge on any atom is -0.487 e. The Morgan fingerprint density at radius 2 is 1.76 bits per heavy atom. The van der Waals surface area contributed by atoms with Crippen LogP contribution in [-0.4, -0.2) is 37.2 Å². The zero-order valence-corrected chi connectivity index (χ0v) is 17.6. The summed E-state index contributed by atoms with van der Waals surface area (Å²) in [6.07, 6.45) is -1.14. The molecular weight excluding hydrogens is 398 g/mol. The smallest absolute Gasteiger partial charge is 0.345 e. The lowest BCUT2D eigenvalue weighted by Crippen LogP contribution is -2.22. The van der Waals surface area contributed by atoms with Gasteiger partial charge in [-0.25, -0.2) is 14.6 Å². The fourth-order valence-electron chi connectivity index (χ4n) is 2.77. The van der Waals surface area contributed by atoms with Gasteiger partial charge in [-0.1, -0.05) is 41.9 Å². The molecule has 29 heavy (non-hydrogen) atoms. The van der Waals surface area contributed by atoms with E-state index in [0.29, 0.717) is 5.69 Å². The summed E-state index contributed by atoms with van der Waals surface area (Å²) in [7, 11) is 1.36. The molecule has 0 N–H and O–H groups in total. The zero-order chi connectivity index (χ0) is 21.4. The average Bonchev–Trinajstić information content (AvgIpc) is 2.69. The molecule has 0 saturated heterocycles. The van der Waals surface area contributed by atoms with Gasteiger partial charge in [0.05, 0.1) is 18.8 Å². The summed E-state index contributed by atoms with van der Waals surface area (Å²) in [6.45, 7) is 5.46. The van der Waals surface area contributed by atoms with E-state index in [0.717, 1.165) is 5.56 Å². The van der Waals surface area contributed by atoms with E-state index < -0.39 is 18.0 Å². The predicted molar refractivity (Wildman–Crippen MR) is 107 cm³/mol. The highest BCUT2D eigenvalue weighted by atomic mass is 35.5. The van der Waals surface area contributed by atoms with Crippen molar-refractivity contribution < 1.29 is 28.5 Å². The number of carbonyl (C=O) groups is 2. The Balaban J connectivity index is 2.61. The third kappa shape index (κ3) is 5.46. The third-order valence-corrected chi connectivity index (χ3v) is 4.31. The first kappa shape index (κ1) is 22.6. The largest absolute Gasteiger partial charge is 0.487 e. The van der Waals surface area contributed by atoms with Crippen molar-refractivity contribution in [1.29, 1.82) is 0 Å². The molecule has 0 bridgehead atoms. The second kappa shape index (κ2) is 10.8. The third-order valence-electron chi connectivity index (χ3n) is 4.04. The van der Waals surface area contributed by atoms with Crippen molar-refractivity contribution in [3.8, 4) is 5.75 Å². The van der Waals surface area contributed by atoms with Gasteiger partial charge in [-0.3, -0.25) is 0 Å². The van der Waals surface area contributed by atoms with Gasteiger partial charge in [0.15, 0.2) is 6.10 Å². The van der Waals surface area contributed by atoms with Gasteiger partial charge in [0.2, 0.25) is 0 Å². The van der Waals surface area contributed by atoms with Crippen molar-refractivity contribution in [1.82, 2.24) is 4.98 Å². The number of carbonyl (C=O) groups excluding carboxylic acids is 2. The van der Waals surface area contributed by atoms with E-state index in [-0.39, 0.29) is 41.9 Å². The first-order valence-corrected chi connectivity index (χ1v) is 9.55. The molecule has 0 amide bonds. The summed E-state index contributed by atoms with van der Waals surface area (Å²) in [5.41, 5.74) is 1.46. The number of benzene rings is 1. The van der Waals surface area contributed by atoms with Crippen molar-refractivity contribution in [3.05, 3.63) is 57.9 Å². The van der Waals surface area contributed by atoms with E-state index in [1.165, 1.54) is 7.11 Å². The first-order valence-electron chi connectivity index (χ1n) is 9.17. The van der Waals surface area contributed by atoms with Gasteiger partial charge < -0.3 is 18.9 Å². The molecular formula is C21H24ClNO6. The summed E-state index contributed by atoms with van der Waals surface area (Å²) in [4.78, 5) is 29.3. The summed E-state index contributed by atoms with van der Waals surface area (Å²) >= 11 is 6.26. The number of halogens is 1. The topological polar surface area (TPSA) is 84.0 Å². The Bertz CT molecular complexity index is 856. The molecule has 8 heteroatoms. The molecule has 1 atom stereocenters. The molecule has 7 nitrogen and oxygen atoms in total. The van der Waals surface area contributed by atoms with Crippen LogP contribution in [0.15, 0.2) is 30.3 Å². The van der Waals surface area contributed by atoms with E-state index in [4.69, 9.17) is 30.5 Å². The monoisotopic (exact) mass is 421 g/mol. The number of esters is 2. The van der Waals surface area contributed by atoms with E-state index >= 15 is 0 Å². The highest BCUT2D eigenvalue weighted by Gasteiger charge is 2.33. The minimum atomic E-state index is -1.14. The second-order valence-electron chi connectivity index (χ2n) is 5.97. The van der Waals surface area contributed by atoms with E-state index in [9.17, 15) is 9.59 Å². The minimum absolute atomic E-state index is 0.0589. The maximum atomic E-state index is 12.6. The number of pyridine rings is 1. The number of aryl methyl sites for hydroxylation is 1. The number of nitrogens with zero attached hydrogens (tertiary/aromatic N) is 1. The molecule has 0 radical (unpaired) electrons. The van der Waals surface area contributed by atoms with Crippen LogP contribution in [0, 0.1) is 6.92 Å². The van der Waals surface area contributed by atoms with Gasteiger partial charge in [0, 0.05) is 12.8 Å². The van der Waals surface area contributed by atoms with Gasteiger partial charge in [0.1, 0.15) is 23.1 Å². The highest BCUT2D eigenvalue weighted by molar-refractivity contribution is 6.32. The fourth-order valence-corrected chi connectivity index (χ4v) is 3.06. The van der Waals surface area contributed by atoms with Gasteiger partial charge in [-0.15, -0.1) is 0 Å². The lowest BCUT2D eigenvalue weighted by Gasteiger charge is -2.22. The number of hydrogen-bond acceptors (Lipinski definition) is 7. The Morgan fingerprint density at radius 1 is 1.10 bits per heavy atom. The Labute approximate surface area is 174 Å². The standard InChI is InChI=1S/C21H24ClNO6/c1-5-27-20(24)16-17(29-12-14-10-8-7-9-11-14)15(13(3)23-19(16)22)18(26-4)21(25)28-6-2/h7-11,18H,5-6,12H2,1-4H3. The van der Waals surface area contributed by atoms with Crippen molar-refractivity contribution in [2.75, 3.05) is 20.3 Å². The van der Waals surface area contributed by atoms with Crippen molar-refractivity contribution in [2.24, 2.45) is 0 Å². The molecule has 2 rings (SSSR count). The second-order valence-corrected chi connectivity index (χ2v) is 6.33. The van der Waals surface area contributed by atoms with E-state index in [2.05, 4.69) is 4.98 Å². The Kier molecular flexibility index (Phi) is 8.42. The Hall–Kier alpha value is -2.64. The molecule has 0 spiro atoms. The molecule has 1 heterocycles. The molecule has 156 valence electrons. The lowest BCUT2D eigenvalue weighted by molar-refractivity contribution is -0.155. The van der Waals surface area contributed by atoms with Gasteiger partial charge >= 0.3 is 11.9 Å². The molecule has 2 aromatic rings. The number of methoxy groups -OCH3 is 1. The van der Waals surface area contributed by atoms with E-state index in [1.54, 1.807) is 20.8 Å². The van der Waals surface area contributed by atoms with Gasteiger partial charge in [-0.2, -0.15) is 0 Å². The quantitative estimate of drug-likeness (QED) is 0.446. The number of rotatable bonds is 9. The molecule has 1 aromatic carbocycles. The van der Waals surface area contributed by atoms with Crippen LogP contribution in [0.25, 0.3) is 0 Å². The average molecular weight is 422 g/mol. The number of hydrogen-bond donors (Lipinski definition) is 0.